The molecule has 19 heavy (non-hydrogen) atoms. The minimum absolute atomic E-state index is 0.0605. The van der Waals surface area contributed by atoms with E-state index in [1.165, 1.54) is 0 Å². The number of hydrogen-bond acceptors (Lipinski definition) is 4. The lowest BCUT2D eigenvalue weighted by atomic mass is 10.2. The topological polar surface area (TPSA) is 64.6 Å². The average molecular weight is 265 g/mol. The number of rotatable bonds is 3. The predicted molar refractivity (Wildman–Crippen MR) is 69.1 cm³/mol. The van der Waals surface area contributed by atoms with Gasteiger partial charge in [0, 0.05) is 11.8 Å². The van der Waals surface area contributed by atoms with Gasteiger partial charge in [0.1, 0.15) is 17.4 Å². The minimum Gasteiger partial charge on any atom is -0.457 e. The van der Waals surface area contributed by atoms with Crippen LogP contribution in [-0.4, -0.2) is 23.8 Å². The van der Waals surface area contributed by atoms with Crippen LogP contribution in [0.1, 0.15) is 27.2 Å². The Labute approximate surface area is 112 Å². The lowest BCUT2D eigenvalue weighted by molar-refractivity contribution is -0.141. The third kappa shape index (κ3) is 3.36. The molecule has 0 aromatic heterocycles. The summed E-state index contributed by atoms with van der Waals surface area (Å²) < 4.78 is 10.3. The molecule has 0 aromatic rings. The molecule has 2 aliphatic rings. The van der Waals surface area contributed by atoms with Crippen molar-refractivity contribution in [3.63, 3.8) is 0 Å². The standard InChI is InChI=1S/C14H19NO4/c1-8(15-13(17)19-14(2,3)4)12(16)18-11-9-6-5-7-10(9)11/h5-6,9-11H,1,7H2,2-4H3,(H,15,17). The van der Waals surface area contributed by atoms with Gasteiger partial charge in [0.25, 0.3) is 0 Å². The molecule has 0 heterocycles. The second kappa shape index (κ2) is 4.72. The number of esters is 1. The number of ether oxygens (including phenoxy) is 2. The van der Waals surface area contributed by atoms with Crippen molar-refractivity contribution in [1.82, 2.24) is 5.32 Å². The predicted octanol–water partition coefficient (Wildman–Crippen LogP) is 2.14. The molecule has 3 unspecified atom stereocenters. The zero-order valence-electron chi connectivity index (χ0n) is 11.4. The summed E-state index contributed by atoms with van der Waals surface area (Å²) in [4.78, 5) is 23.2. The van der Waals surface area contributed by atoms with E-state index in [-0.39, 0.29) is 11.8 Å². The number of hydrogen-bond donors (Lipinski definition) is 1. The fourth-order valence-corrected chi connectivity index (χ4v) is 2.14. The zero-order valence-corrected chi connectivity index (χ0v) is 11.4. The summed E-state index contributed by atoms with van der Waals surface area (Å²) >= 11 is 0. The van der Waals surface area contributed by atoms with Gasteiger partial charge in [-0.15, -0.1) is 0 Å². The van der Waals surface area contributed by atoms with Crippen LogP contribution in [0.25, 0.3) is 0 Å². The van der Waals surface area contributed by atoms with Gasteiger partial charge >= 0.3 is 12.1 Å². The van der Waals surface area contributed by atoms with Crippen LogP contribution in [0.2, 0.25) is 0 Å². The highest BCUT2D eigenvalue weighted by molar-refractivity contribution is 5.91. The highest BCUT2D eigenvalue weighted by Crippen LogP contribution is 2.49. The average Bonchev–Trinajstić information content (AvgIpc) is 2.71. The largest absolute Gasteiger partial charge is 0.457 e. The first kappa shape index (κ1) is 13.6. The Morgan fingerprint density at radius 2 is 2.05 bits per heavy atom. The highest BCUT2D eigenvalue weighted by Gasteiger charge is 2.53. The van der Waals surface area contributed by atoms with E-state index in [2.05, 4.69) is 24.0 Å². The molecule has 0 aliphatic heterocycles. The summed E-state index contributed by atoms with van der Waals surface area (Å²) in [6, 6.07) is 0. The molecule has 0 spiro atoms. The van der Waals surface area contributed by atoms with Crippen molar-refractivity contribution in [2.75, 3.05) is 0 Å². The van der Waals surface area contributed by atoms with Crippen molar-refractivity contribution < 1.29 is 19.1 Å². The SMILES string of the molecule is C=C(NC(=O)OC(C)(C)C)C(=O)OC1C2C=CCC21. The first-order chi connectivity index (χ1) is 8.78. The normalized spacial score (nSPS) is 27.4. The van der Waals surface area contributed by atoms with Crippen LogP contribution in [0.4, 0.5) is 4.79 Å². The third-order valence-corrected chi connectivity index (χ3v) is 3.06. The molecular formula is C14H19NO4. The van der Waals surface area contributed by atoms with E-state index in [1.54, 1.807) is 20.8 Å². The van der Waals surface area contributed by atoms with E-state index in [9.17, 15) is 9.59 Å². The minimum atomic E-state index is -0.703. The lowest BCUT2D eigenvalue weighted by Crippen LogP contribution is -2.34. The molecule has 5 nitrogen and oxygen atoms in total. The molecule has 1 fully saturated rings. The molecular weight excluding hydrogens is 246 g/mol. The summed E-state index contributed by atoms with van der Waals surface area (Å²) in [5.74, 6) is 0.162. The monoisotopic (exact) mass is 265 g/mol. The number of allylic oxidation sites excluding steroid dienone is 1. The maximum atomic E-state index is 11.7. The molecule has 1 amide bonds. The number of carbonyl (C=O) groups is 2. The lowest BCUT2D eigenvalue weighted by Gasteiger charge is -2.19. The Morgan fingerprint density at radius 3 is 2.58 bits per heavy atom. The van der Waals surface area contributed by atoms with Crippen LogP contribution in [0, 0.1) is 11.8 Å². The van der Waals surface area contributed by atoms with Gasteiger partial charge in [0.05, 0.1) is 0 Å². The Kier molecular flexibility index (Phi) is 3.39. The first-order valence-electron chi connectivity index (χ1n) is 6.34. The molecule has 2 rings (SSSR count). The van der Waals surface area contributed by atoms with E-state index >= 15 is 0 Å². The molecule has 5 heteroatoms. The molecule has 0 saturated heterocycles. The summed E-state index contributed by atoms with van der Waals surface area (Å²) in [5, 5.41) is 2.29. The maximum absolute atomic E-state index is 11.7. The summed E-state index contributed by atoms with van der Waals surface area (Å²) in [7, 11) is 0. The molecule has 3 atom stereocenters. The molecule has 1 saturated carbocycles. The fraction of sp³-hybridized carbons (Fsp3) is 0.571. The molecule has 0 bridgehead atoms. The zero-order chi connectivity index (χ0) is 14.2. The van der Waals surface area contributed by atoms with Crippen LogP contribution in [0.5, 0.6) is 0 Å². The molecule has 0 radical (unpaired) electrons. The van der Waals surface area contributed by atoms with E-state index < -0.39 is 17.7 Å². The van der Waals surface area contributed by atoms with Crippen molar-refractivity contribution in [3.05, 3.63) is 24.4 Å². The first-order valence-corrected chi connectivity index (χ1v) is 6.34. The Bertz CT molecular complexity index is 447. The third-order valence-electron chi connectivity index (χ3n) is 3.06. The summed E-state index contributed by atoms with van der Waals surface area (Å²) in [5.41, 5.74) is -0.713. The Hall–Kier alpha value is -1.78. The van der Waals surface area contributed by atoms with Gasteiger partial charge in [-0.2, -0.15) is 0 Å². The van der Waals surface area contributed by atoms with Gasteiger partial charge in [0.15, 0.2) is 0 Å². The number of alkyl carbamates (subject to hydrolysis) is 1. The Morgan fingerprint density at radius 1 is 1.37 bits per heavy atom. The number of nitrogens with one attached hydrogen (secondary N) is 1. The van der Waals surface area contributed by atoms with Gasteiger partial charge < -0.3 is 9.47 Å². The van der Waals surface area contributed by atoms with Gasteiger partial charge in [0.2, 0.25) is 0 Å². The molecule has 2 aliphatic carbocycles. The van der Waals surface area contributed by atoms with Gasteiger partial charge in [-0.1, -0.05) is 18.7 Å². The van der Waals surface area contributed by atoms with Gasteiger partial charge in [-0.25, -0.2) is 9.59 Å². The van der Waals surface area contributed by atoms with Crippen LogP contribution in [-0.2, 0) is 14.3 Å². The van der Waals surface area contributed by atoms with Crippen LogP contribution < -0.4 is 5.32 Å². The van der Waals surface area contributed by atoms with Crippen LogP contribution in [0.15, 0.2) is 24.4 Å². The van der Waals surface area contributed by atoms with Gasteiger partial charge in [-0.05, 0) is 27.2 Å². The van der Waals surface area contributed by atoms with E-state index in [0.29, 0.717) is 11.8 Å². The van der Waals surface area contributed by atoms with Crippen molar-refractivity contribution in [1.29, 1.82) is 0 Å². The second-order valence-electron chi connectivity index (χ2n) is 5.88. The highest BCUT2D eigenvalue weighted by atomic mass is 16.6. The van der Waals surface area contributed by atoms with Crippen molar-refractivity contribution in [2.45, 2.75) is 38.9 Å². The van der Waals surface area contributed by atoms with Gasteiger partial charge in [-0.3, -0.25) is 5.32 Å². The van der Waals surface area contributed by atoms with Crippen molar-refractivity contribution in [2.24, 2.45) is 11.8 Å². The van der Waals surface area contributed by atoms with E-state index in [1.807, 2.05) is 0 Å². The van der Waals surface area contributed by atoms with E-state index in [4.69, 9.17) is 9.47 Å². The quantitative estimate of drug-likeness (QED) is 0.482. The number of carbonyl (C=O) groups excluding carboxylic acids is 2. The number of fused-ring (bicyclic) bond motifs is 1. The van der Waals surface area contributed by atoms with E-state index in [0.717, 1.165) is 6.42 Å². The smallest absolute Gasteiger partial charge is 0.412 e. The molecule has 104 valence electrons. The maximum Gasteiger partial charge on any atom is 0.412 e. The fourth-order valence-electron chi connectivity index (χ4n) is 2.14. The summed E-state index contributed by atoms with van der Waals surface area (Å²) in [6.45, 7) is 8.72. The van der Waals surface area contributed by atoms with Crippen LogP contribution >= 0.6 is 0 Å². The van der Waals surface area contributed by atoms with Crippen LogP contribution in [0.3, 0.4) is 0 Å². The number of amides is 1. The molecule has 1 N–H and O–H groups in total. The second-order valence-corrected chi connectivity index (χ2v) is 5.88. The summed E-state index contributed by atoms with van der Waals surface area (Å²) in [6.07, 6.45) is 4.34. The molecule has 0 aromatic carbocycles. The van der Waals surface area contributed by atoms with Crippen molar-refractivity contribution in [3.8, 4) is 0 Å². The Balaban J connectivity index is 1.75. The van der Waals surface area contributed by atoms with Crippen molar-refractivity contribution >= 4 is 12.1 Å².